The average Bonchev–Trinajstić information content (AvgIpc) is 2.66. The Morgan fingerprint density at radius 2 is 1.90 bits per heavy atom. The number of hydrogen-bond donors (Lipinski definition) is 0. The largest absolute Gasteiger partial charge is 0.463 e. The van der Waals surface area contributed by atoms with Gasteiger partial charge in [0.2, 0.25) is 0 Å². The summed E-state index contributed by atoms with van der Waals surface area (Å²) in [7, 11) is 0. The van der Waals surface area contributed by atoms with Crippen molar-refractivity contribution in [2.45, 2.75) is 53.9 Å². The van der Waals surface area contributed by atoms with Crippen molar-refractivity contribution in [1.82, 2.24) is 0 Å². The third kappa shape index (κ3) is 7.05. The van der Waals surface area contributed by atoms with E-state index in [0.29, 0.717) is 6.61 Å². The second kappa shape index (κ2) is 10.8. The highest BCUT2D eigenvalue weighted by Crippen LogP contribution is 2.41. The predicted molar refractivity (Wildman–Crippen MR) is 123 cm³/mol. The summed E-state index contributed by atoms with van der Waals surface area (Å²) in [5.41, 5.74) is 6.35. The highest BCUT2D eigenvalue weighted by molar-refractivity contribution is 5.83. The van der Waals surface area contributed by atoms with E-state index in [4.69, 9.17) is 4.74 Å². The SMILES string of the molecule is CCOC(=O)/C=C(C)/C=C/C=C(\C=C\C1=C(C)CCCC1(C)C)c1ccccc1. The first kappa shape index (κ1) is 22.7. The van der Waals surface area contributed by atoms with Crippen LogP contribution >= 0.6 is 0 Å². The van der Waals surface area contributed by atoms with E-state index in [2.05, 4.69) is 63.3 Å². The highest BCUT2D eigenvalue weighted by Gasteiger charge is 2.26. The molecule has 0 amide bonds. The van der Waals surface area contributed by atoms with Gasteiger partial charge in [-0.3, -0.25) is 0 Å². The number of carbonyl (C=O) groups is 1. The molecule has 29 heavy (non-hydrogen) atoms. The molecule has 0 saturated heterocycles. The molecule has 1 aliphatic carbocycles. The lowest BCUT2D eigenvalue weighted by atomic mass is 9.72. The van der Waals surface area contributed by atoms with Crippen molar-refractivity contribution in [2.75, 3.05) is 6.61 Å². The first-order valence-corrected chi connectivity index (χ1v) is 10.5. The summed E-state index contributed by atoms with van der Waals surface area (Å²) >= 11 is 0. The van der Waals surface area contributed by atoms with Gasteiger partial charge in [-0.05, 0) is 67.7 Å². The van der Waals surface area contributed by atoms with E-state index in [-0.39, 0.29) is 11.4 Å². The molecule has 0 radical (unpaired) electrons. The lowest BCUT2D eigenvalue weighted by Gasteiger charge is -2.33. The minimum Gasteiger partial charge on any atom is -0.463 e. The summed E-state index contributed by atoms with van der Waals surface area (Å²) in [6, 6.07) is 10.4. The van der Waals surface area contributed by atoms with Crippen molar-refractivity contribution < 1.29 is 9.53 Å². The molecule has 0 unspecified atom stereocenters. The van der Waals surface area contributed by atoms with Crippen LogP contribution in [0.25, 0.3) is 5.57 Å². The topological polar surface area (TPSA) is 26.3 Å². The number of benzene rings is 1. The number of esters is 1. The average molecular weight is 391 g/mol. The van der Waals surface area contributed by atoms with Crippen LogP contribution in [-0.4, -0.2) is 12.6 Å². The standard InChI is InChI=1S/C27H34O2/c1-6-29-26(28)20-21(2)12-10-16-24(23-14-8-7-9-15-23)17-18-25-22(3)13-11-19-27(25,4)5/h7-10,12,14-18,20H,6,11,13,19H2,1-5H3/b12-10+,18-17+,21-20+,24-16+. The Morgan fingerprint density at radius 1 is 1.17 bits per heavy atom. The summed E-state index contributed by atoms with van der Waals surface area (Å²) in [5.74, 6) is -0.302. The Labute approximate surface area is 176 Å². The summed E-state index contributed by atoms with van der Waals surface area (Å²) in [5, 5.41) is 0. The Balaban J connectivity index is 2.30. The molecule has 0 saturated carbocycles. The third-order valence-corrected chi connectivity index (χ3v) is 5.35. The van der Waals surface area contributed by atoms with Gasteiger partial charge in [0, 0.05) is 6.08 Å². The molecule has 2 heteroatoms. The van der Waals surface area contributed by atoms with Crippen LogP contribution in [0.2, 0.25) is 0 Å². The van der Waals surface area contributed by atoms with Crippen LogP contribution in [0.5, 0.6) is 0 Å². The maximum Gasteiger partial charge on any atom is 0.330 e. The van der Waals surface area contributed by atoms with Crippen molar-refractivity contribution in [3.8, 4) is 0 Å². The minimum absolute atomic E-state index is 0.218. The van der Waals surface area contributed by atoms with E-state index in [1.54, 1.807) is 0 Å². The predicted octanol–water partition coefficient (Wildman–Crippen LogP) is 7.22. The van der Waals surface area contributed by atoms with Gasteiger partial charge in [-0.2, -0.15) is 0 Å². The molecular formula is C27H34O2. The van der Waals surface area contributed by atoms with E-state index in [9.17, 15) is 4.79 Å². The summed E-state index contributed by atoms with van der Waals surface area (Å²) in [4.78, 5) is 11.6. The molecule has 1 aliphatic rings. The van der Waals surface area contributed by atoms with Gasteiger partial charge in [0.05, 0.1) is 6.61 Å². The van der Waals surface area contributed by atoms with Gasteiger partial charge < -0.3 is 4.74 Å². The van der Waals surface area contributed by atoms with Crippen molar-refractivity contribution in [3.05, 3.63) is 89.1 Å². The van der Waals surface area contributed by atoms with Gasteiger partial charge in [-0.15, -0.1) is 0 Å². The summed E-state index contributed by atoms with van der Waals surface area (Å²) in [6.45, 7) is 11.0. The third-order valence-electron chi connectivity index (χ3n) is 5.35. The van der Waals surface area contributed by atoms with Gasteiger partial charge in [0.25, 0.3) is 0 Å². The van der Waals surface area contributed by atoms with Crippen LogP contribution in [-0.2, 0) is 9.53 Å². The zero-order valence-electron chi connectivity index (χ0n) is 18.5. The molecule has 0 atom stereocenters. The number of rotatable bonds is 7. The molecule has 1 aromatic rings. The first-order chi connectivity index (χ1) is 13.8. The lowest BCUT2D eigenvalue weighted by Crippen LogP contribution is -2.19. The molecule has 0 heterocycles. The van der Waals surface area contributed by atoms with Crippen LogP contribution in [0.4, 0.5) is 0 Å². The Morgan fingerprint density at radius 3 is 2.55 bits per heavy atom. The second-order valence-corrected chi connectivity index (χ2v) is 8.25. The molecule has 2 rings (SSSR count). The molecule has 0 aromatic heterocycles. The van der Waals surface area contributed by atoms with Crippen LogP contribution in [0, 0.1) is 5.41 Å². The maximum absolute atomic E-state index is 11.6. The fourth-order valence-corrected chi connectivity index (χ4v) is 3.78. The van der Waals surface area contributed by atoms with Crippen LogP contribution in [0.15, 0.2) is 83.5 Å². The Hall–Kier alpha value is -2.61. The summed E-state index contributed by atoms with van der Waals surface area (Å²) in [6.07, 6.45) is 15.7. The van der Waals surface area contributed by atoms with E-state index >= 15 is 0 Å². The molecule has 0 bridgehead atoms. The molecule has 0 fully saturated rings. The van der Waals surface area contributed by atoms with Crippen molar-refractivity contribution >= 4 is 11.5 Å². The molecule has 1 aromatic carbocycles. The molecule has 0 N–H and O–H groups in total. The van der Waals surface area contributed by atoms with Crippen LogP contribution in [0.3, 0.4) is 0 Å². The maximum atomic E-state index is 11.6. The Kier molecular flexibility index (Phi) is 8.45. The van der Waals surface area contributed by atoms with Gasteiger partial charge in [0.15, 0.2) is 0 Å². The summed E-state index contributed by atoms with van der Waals surface area (Å²) < 4.78 is 4.96. The minimum atomic E-state index is -0.302. The quantitative estimate of drug-likeness (QED) is 0.279. The number of allylic oxidation sites excluding steroid dienone is 9. The molecular weight excluding hydrogens is 356 g/mol. The smallest absolute Gasteiger partial charge is 0.330 e. The zero-order valence-corrected chi connectivity index (χ0v) is 18.5. The molecule has 154 valence electrons. The van der Waals surface area contributed by atoms with Gasteiger partial charge >= 0.3 is 5.97 Å². The zero-order chi connectivity index (χ0) is 21.3. The number of hydrogen-bond acceptors (Lipinski definition) is 2. The Bertz CT molecular complexity index is 846. The second-order valence-electron chi connectivity index (χ2n) is 8.25. The van der Waals surface area contributed by atoms with Crippen molar-refractivity contribution in [3.63, 3.8) is 0 Å². The highest BCUT2D eigenvalue weighted by atomic mass is 16.5. The first-order valence-electron chi connectivity index (χ1n) is 10.5. The monoisotopic (exact) mass is 390 g/mol. The fourth-order valence-electron chi connectivity index (χ4n) is 3.78. The van der Waals surface area contributed by atoms with Crippen LogP contribution in [0.1, 0.15) is 59.4 Å². The van der Waals surface area contributed by atoms with E-state index < -0.39 is 0 Å². The van der Waals surface area contributed by atoms with E-state index in [1.807, 2.05) is 32.1 Å². The molecule has 2 nitrogen and oxygen atoms in total. The number of ether oxygens (including phenoxy) is 1. The van der Waals surface area contributed by atoms with Crippen molar-refractivity contribution in [1.29, 1.82) is 0 Å². The van der Waals surface area contributed by atoms with E-state index in [1.165, 1.54) is 42.0 Å². The fraction of sp³-hybridized carbons (Fsp3) is 0.370. The van der Waals surface area contributed by atoms with Gasteiger partial charge in [0.1, 0.15) is 0 Å². The normalized spacial score (nSPS) is 18.0. The molecule has 0 aliphatic heterocycles. The van der Waals surface area contributed by atoms with Gasteiger partial charge in [-0.1, -0.05) is 80.1 Å². The van der Waals surface area contributed by atoms with Crippen molar-refractivity contribution in [2.24, 2.45) is 5.41 Å². The number of carbonyl (C=O) groups excluding carboxylic acids is 1. The molecule has 0 spiro atoms. The van der Waals surface area contributed by atoms with Gasteiger partial charge in [-0.25, -0.2) is 4.79 Å². The van der Waals surface area contributed by atoms with Crippen LogP contribution < -0.4 is 0 Å². The van der Waals surface area contributed by atoms with E-state index in [0.717, 1.165) is 11.1 Å². The lowest BCUT2D eigenvalue weighted by molar-refractivity contribution is -0.137.